The molecule has 2 atom stereocenters. The fraction of sp³-hybridized carbons (Fsp3) is 0.700. The Morgan fingerprint density at radius 1 is 1.62 bits per heavy atom. The summed E-state index contributed by atoms with van der Waals surface area (Å²) in [5.41, 5.74) is 1.43. The van der Waals surface area contributed by atoms with E-state index in [4.69, 9.17) is 5.11 Å². The van der Waals surface area contributed by atoms with Gasteiger partial charge in [-0.25, -0.2) is 0 Å². The van der Waals surface area contributed by atoms with Crippen molar-refractivity contribution in [1.29, 1.82) is 0 Å². The summed E-state index contributed by atoms with van der Waals surface area (Å²) in [7, 11) is 0. The lowest BCUT2D eigenvalue weighted by molar-refractivity contribution is -0.140. The van der Waals surface area contributed by atoms with Gasteiger partial charge in [0.05, 0.1) is 0 Å². The van der Waals surface area contributed by atoms with Crippen molar-refractivity contribution in [3.05, 3.63) is 11.6 Å². The standard InChI is InChI=1S/C10H15NO2/c12-10(13)9-5-7-3-1-2-4-8(7)6-11-9/h4,7,9,11H,1-3,5-6H2,(H,12,13). The molecule has 1 saturated heterocycles. The SMILES string of the molecule is O=C(O)C1CC2CCCC=C2CN1. The molecule has 2 unspecified atom stereocenters. The maximum atomic E-state index is 10.7. The number of rotatable bonds is 1. The van der Waals surface area contributed by atoms with E-state index in [1.807, 2.05) is 0 Å². The summed E-state index contributed by atoms with van der Waals surface area (Å²) in [6, 6.07) is -0.319. The average molecular weight is 181 g/mol. The minimum atomic E-state index is -0.704. The molecular weight excluding hydrogens is 166 g/mol. The second kappa shape index (κ2) is 3.50. The van der Waals surface area contributed by atoms with Crippen LogP contribution in [-0.4, -0.2) is 23.7 Å². The van der Waals surface area contributed by atoms with Gasteiger partial charge in [-0.05, 0) is 31.6 Å². The predicted octanol–water partition coefficient (Wildman–Crippen LogP) is 1.16. The molecule has 0 radical (unpaired) electrons. The van der Waals surface area contributed by atoms with Gasteiger partial charge >= 0.3 is 5.97 Å². The number of carbonyl (C=O) groups is 1. The van der Waals surface area contributed by atoms with Crippen LogP contribution < -0.4 is 5.32 Å². The van der Waals surface area contributed by atoms with Crippen molar-refractivity contribution >= 4 is 5.97 Å². The van der Waals surface area contributed by atoms with E-state index in [9.17, 15) is 4.79 Å². The molecule has 0 spiro atoms. The van der Waals surface area contributed by atoms with Crippen LogP contribution in [0.4, 0.5) is 0 Å². The molecule has 1 aliphatic carbocycles. The monoisotopic (exact) mass is 181 g/mol. The van der Waals surface area contributed by atoms with Crippen LogP contribution in [0.25, 0.3) is 0 Å². The predicted molar refractivity (Wildman–Crippen MR) is 49.5 cm³/mol. The van der Waals surface area contributed by atoms with E-state index in [1.54, 1.807) is 0 Å². The first-order valence-electron chi connectivity index (χ1n) is 4.92. The maximum absolute atomic E-state index is 10.7. The third-order valence-electron chi connectivity index (χ3n) is 3.06. The minimum Gasteiger partial charge on any atom is -0.480 e. The van der Waals surface area contributed by atoms with E-state index < -0.39 is 5.97 Å². The number of hydrogen-bond acceptors (Lipinski definition) is 2. The number of fused-ring (bicyclic) bond motifs is 1. The highest BCUT2D eigenvalue weighted by Crippen LogP contribution is 2.31. The Labute approximate surface area is 77.8 Å². The lowest BCUT2D eigenvalue weighted by atomic mass is 9.80. The number of carboxylic acid groups (broad SMARTS) is 1. The van der Waals surface area contributed by atoms with Crippen molar-refractivity contribution in [1.82, 2.24) is 5.32 Å². The fourth-order valence-corrected chi connectivity index (χ4v) is 2.29. The van der Waals surface area contributed by atoms with Crippen molar-refractivity contribution in [2.45, 2.75) is 31.7 Å². The van der Waals surface area contributed by atoms with Crippen LogP contribution in [0.1, 0.15) is 25.7 Å². The van der Waals surface area contributed by atoms with Crippen molar-refractivity contribution in [3.8, 4) is 0 Å². The van der Waals surface area contributed by atoms with Gasteiger partial charge < -0.3 is 10.4 Å². The molecule has 2 N–H and O–H groups in total. The molecule has 3 heteroatoms. The Kier molecular flexibility index (Phi) is 2.36. The molecule has 0 aromatic heterocycles. The maximum Gasteiger partial charge on any atom is 0.320 e. The van der Waals surface area contributed by atoms with Crippen LogP contribution in [0.5, 0.6) is 0 Å². The van der Waals surface area contributed by atoms with Crippen LogP contribution in [0.3, 0.4) is 0 Å². The lowest BCUT2D eigenvalue weighted by Gasteiger charge is -2.32. The van der Waals surface area contributed by atoms with Gasteiger partial charge in [-0.3, -0.25) is 4.79 Å². The summed E-state index contributed by atoms with van der Waals surface area (Å²) in [5, 5.41) is 11.9. The van der Waals surface area contributed by atoms with Gasteiger partial charge in [0.15, 0.2) is 0 Å². The quantitative estimate of drug-likeness (QED) is 0.597. The van der Waals surface area contributed by atoms with Crippen molar-refractivity contribution in [3.63, 3.8) is 0 Å². The molecule has 13 heavy (non-hydrogen) atoms. The van der Waals surface area contributed by atoms with Gasteiger partial charge in [-0.15, -0.1) is 0 Å². The van der Waals surface area contributed by atoms with E-state index >= 15 is 0 Å². The van der Waals surface area contributed by atoms with Crippen molar-refractivity contribution < 1.29 is 9.90 Å². The van der Waals surface area contributed by atoms with Gasteiger partial charge in [0.1, 0.15) is 6.04 Å². The Morgan fingerprint density at radius 2 is 2.46 bits per heavy atom. The average Bonchev–Trinajstić information content (AvgIpc) is 2.17. The minimum absolute atomic E-state index is 0.319. The summed E-state index contributed by atoms with van der Waals surface area (Å²) in [5.74, 6) is -0.166. The topological polar surface area (TPSA) is 49.3 Å². The number of aliphatic carboxylic acids is 1. The normalized spacial score (nSPS) is 33.4. The Hall–Kier alpha value is -0.830. The first-order chi connectivity index (χ1) is 6.27. The van der Waals surface area contributed by atoms with E-state index in [2.05, 4.69) is 11.4 Å². The molecule has 1 heterocycles. The number of allylic oxidation sites excluding steroid dienone is 1. The molecule has 1 fully saturated rings. The molecule has 72 valence electrons. The van der Waals surface area contributed by atoms with Crippen LogP contribution >= 0.6 is 0 Å². The van der Waals surface area contributed by atoms with E-state index in [0.717, 1.165) is 13.0 Å². The zero-order valence-corrected chi connectivity index (χ0v) is 7.62. The van der Waals surface area contributed by atoms with Crippen LogP contribution in [-0.2, 0) is 4.79 Å². The van der Waals surface area contributed by atoms with Crippen molar-refractivity contribution in [2.75, 3.05) is 6.54 Å². The molecule has 2 aliphatic rings. The largest absolute Gasteiger partial charge is 0.480 e. The highest BCUT2D eigenvalue weighted by atomic mass is 16.4. The summed E-state index contributed by atoms with van der Waals surface area (Å²) in [6.45, 7) is 0.779. The lowest BCUT2D eigenvalue weighted by Crippen LogP contribution is -2.45. The fourth-order valence-electron chi connectivity index (χ4n) is 2.29. The molecule has 0 bridgehead atoms. The summed E-state index contributed by atoms with van der Waals surface area (Å²) >= 11 is 0. The molecule has 0 aromatic rings. The molecule has 0 saturated carbocycles. The highest BCUT2D eigenvalue weighted by Gasteiger charge is 2.30. The van der Waals surface area contributed by atoms with Gasteiger partial charge in [-0.2, -0.15) is 0 Å². The first-order valence-corrected chi connectivity index (χ1v) is 4.92. The molecule has 3 nitrogen and oxygen atoms in total. The molecule has 0 amide bonds. The number of carboxylic acids is 1. The zero-order valence-electron chi connectivity index (χ0n) is 7.62. The smallest absolute Gasteiger partial charge is 0.320 e. The Morgan fingerprint density at radius 3 is 3.23 bits per heavy atom. The molecule has 1 aliphatic heterocycles. The van der Waals surface area contributed by atoms with Crippen molar-refractivity contribution in [2.24, 2.45) is 5.92 Å². The van der Waals surface area contributed by atoms with E-state index in [1.165, 1.54) is 24.8 Å². The second-order valence-corrected chi connectivity index (χ2v) is 3.91. The number of nitrogens with one attached hydrogen (secondary N) is 1. The first kappa shape index (κ1) is 8.75. The van der Waals surface area contributed by atoms with Gasteiger partial charge in [-0.1, -0.05) is 11.6 Å². The van der Waals surface area contributed by atoms with Gasteiger partial charge in [0.2, 0.25) is 0 Å². The van der Waals surface area contributed by atoms with Crippen LogP contribution in [0.2, 0.25) is 0 Å². The van der Waals surface area contributed by atoms with Crippen LogP contribution in [0, 0.1) is 5.92 Å². The third-order valence-corrected chi connectivity index (χ3v) is 3.06. The molecule has 2 rings (SSSR count). The summed E-state index contributed by atoms with van der Waals surface area (Å²) in [6.07, 6.45) is 6.63. The summed E-state index contributed by atoms with van der Waals surface area (Å²) < 4.78 is 0. The van der Waals surface area contributed by atoms with Gasteiger partial charge in [0.25, 0.3) is 0 Å². The Bertz CT molecular complexity index is 247. The summed E-state index contributed by atoms with van der Waals surface area (Å²) in [4.78, 5) is 10.7. The Balaban J connectivity index is 2.04. The van der Waals surface area contributed by atoms with Crippen LogP contribution in [0.15, 0.2) is 11.6 Å². The van der Waals surface area contributed by atoms with E-state index in [0.29, 0.717) is 5.92 Å². The molecule has 0 aromatic carbocycles. The van der Waals surface area contributed by atoms with Gasteiger partial charge in [0, 0.05) is 6.54 Å². The zero-order chi connectivity index (χ0) is 9.26. The number of piperidine rings is 1. The highest BCUT2D eigenvalue weighted by molar-refractivity contribution is 5.73. The molecular formula is C10H15NO2. The second-order valence-electron chi connectivity index (χ2n) is 3.91. The van der Waals surface area contributed by atoms with E-state index in [-0.39, 0.29) is 6.04 Å². The third kappa shape index (κ3) is 1.75. The number of hydrogen-bond donors (Lipinski definition) is 2.